The predicted molar refractivity (Wildman–Crippen MR) is 97.0 cm³/mol. The number of H-pyrrole nitrogens is 1. The first-order valence-corrected chi connectivity index (χ1v) is 8.86. The molecular weight excluding hydrogens is 314 g/mol. The van der Waals surface area contributed by atoms with Crippen LogP contribution in [0.1, 0.15) is 11.1 Å². The Bertz CT molecular complexity index is 898. The van der Waals surface area contributed by atoms with Crippen molar-refractivity contribution in [1.82, 2.24) is 20.1 Å². The Morgan fingerprint density at radius 2 is 2.00 bits per heavy atom. The van der Waals surface area contributed by atoms with E-state index in [4.69, 9.17) is 4.74 Å². The molecule has 1 fully saturated rings. The summed E-state index contributed by atoms with van der Waals surface area (Å²) in [6.07, 6.45) is 4.77. The SMILES string of the molecule is c1cc2c(cc1CN1CCN(c3cc4cn[nH]c4cn3)CC1)OCC2. The largest absolute Gasteiger partial charge is 0.493 e. The van der Waals surface area contributed by atoms with E-state index < -0.39 is 0 Å². The minimum absolute atomic E-state index is 0.825. The Labute approximate surface area is 146 Å². The molecule has 4 heterocycles. The van der Waals surface area contributed by atoms with Crippen molar-refractivity contribution in [1.29, 1.82) is 0 Å². The van der Waals surface area contributed by atoms with Crippen molar-refractivity contribution in [2.24, 2.45) is 0 Å². The van der Waals surface area contributed by atoms with Gasteiger partial charge in [-0.25, -0.2) is 4.98 Å². The van der Waals surface area contributed by atoms with Crippen LogP contribution in [0.25, 0.3) is 10.9 Å². The maximum Gasteiger partial charge on any atom is 0.129 e. The molecule has 0 bridgehead atoms. The lowest BCUT2D eigenvalue weighted by Crippen LogP contribution is -2.46. The van der Waals surface area contributed by atoms with Gasteiger partial charge in [-0.3, -0.25) is 10.00 Å². The van der Waals surface area contributed by atoms with Gasteiger partial charge in [-0.05, 0) is 23.3 Å². The molecule has 25 heavy (non-hydrogen) atoms. The van der Waals surface area contributed by atoms with Gasteiger partial charge < -0.3 is 9.64 Å². The van der Waals surface area contributed by atoms with Crippen molar-refractivity contribution in [2.45, 2.75) is 13.0 Å². The van der Waals surface area contributed by atoms with Crippen LogP contribution in [0.4, 0.5) is 5.82 Å². The monoisotopic (exact) mass is 335 g/mol. The highest BCUT2D eigenvalue weighted by molar-refractivity contribution is 5.79. The summed E-state index contributed by atoms with van der Waals surface area (Å²) in [5, 5.41) is 8.14. The number of piperazine rings is 1. The number of ether oxygens (including phenoxy) is 1. The summed E-state index contributed by atoms with van der Waals surface area (Å²) in [4.78, 5) is 9.43. The average Bonchev–Trinajstić information content (AvgIpc) is 3.30. The van der Waals surface area contributed by atoms with E-state index in [-0.39, 0.29) is 0 Å². The number of benzene rings is 1. The molecule has 0 aliphatic carbocycles. The Morgan fingerprint density at radius 1 is 1.08 bits per heavy atom. The molecule has 2 aliphatic rings. The minimum atomic E-state index is 0.825. The summed E-state index contributed by atoms with van der Waals surface area (Å²) < 4.78 is 5.69. The van der Waals surface area contributed by atoms with Crippen LogP contribution in [-0.2, 0) is 13.0 Å². The number of aromatic nitrogens is 3. The van der Waals surface area contributed by atoms with E-state index in [0.717, 1.165) is 68.2 Å². The number of fused-ring (bicyclic) bond motifs is 2. The average molecular weight is 335 g/mol. The smallest absolute Gasteiger partial charge is 0.129 e. The zero-order valence-corrected chi connectivity index (χ0v) is 14.1. The zero-order chi connectivity index (χ0) is 16.6. The molecule has 2 aliphatic heterocycles. The van der Waals surface area contributed by atoms with Crippen LogP contribution in [-0.4, -0.2) is 52.9 Å². The summed E-state index contributed by atoms with van der Waals surface area (Å²) in [5.41, 5.74) is 3.67. The van der Waals surface area contributed by atoms with Crippen LogP contribution < -0.4 is 9.64 Å². The normalized spacial score (nSPS) is 17.7. The third-order valence-electron chi connectivity index (χ3n) is 5.17. The molecule has 5 rings (SSSR count). The van der Waals surface area contributed by atoms with Gasteiger partial charge in [0.2, 0.25) is 0 Å². The molecular formula is C19H21N5O. The van der Waals surface area contributed by atoms with Crippen LogP contribution in [0.2, 0.25) is 0 Å². The molecule has 0 saturated carbocycles. The molecule has 0 atom stereocenters. The number of hydrogen-bond acceptors (Lipinski definition) is 5. The molecule has 6 nitrogen and oxygen atoms in total. The summed E-state index contributed by atoms with van der Waals surface area (Å²) in [7, 11) is 0. The van der Waals surface area contributed by atoms with E-state index in [9.17, 15) is 0 Å². The fourth-order valence-corrected chi connectivity index (χ4v) is 3.71. The first-order valence-electron chi connectivity index (χ1n) is 8.86. The molecule has 3 aromatic rings. The quantitative estimate of drug-likeness (QED) is 0.795. The maximum atomic E-state index is 5.69. The Balaban J connectivity index is 1.23. The van der Waals surface area contributed by atoms with Crippen LogP contribution in [0.15, 0.2) is 36.7 Å². The molecule has 0 amide bonds. The molecule has 2 aromatic heterocycles. The molecule has 0 unspecified atom stereocenters. The first kappa shape index (κ1) is 14.7. The van der Waals surface area contributed by atoms with Crippen molar-refractivity contribution in [3.8, 4) is 5.75 Å². The second-order valence-corrected chi connectivity index (χ2v) is 6.80. The fraction of sp³-hybridized carbons (Fsp3) is 0.368. The molecule has 1 N–H and O–H groups in total. The molecule has 1 aromatic carbocycles. The van der Waals surface area contributed by atoms with E-state index in [1.807, 2.05) is 12.4 Å². The molecule has 0 radical (unpaired) electrons. The van der Waals surface area contributed by atoms with E-state index in [1.165, 1.54) is 11.1 Å². The van der Waals surface area contributed by atoms with Gasteiger partial charge in [0, 0.05) is 44.5 Å². The van der Waals surface area contributed by atoms with E-state index in [2.05, 4.69) is 49.2 Å². The van der Waals surface area contributed by atoms with Crippen LogP contribution >= 0.6 is 0 Å². The standard InChI is InChI=1S/C19H21N5O/c1-2-15-3-8-25-18(15)9-14(1)13-23-4-6-24(7-5-23)19-10-16-11-21-22-17(16)12-20-19/h1-2,9-12H,3-8,13H2,(H,21,22). The van der Waals surface area contributed by atoms with Gasteiger partial charge in [0.1, 0.15) is 11.6 Å². The third kappa shape index (κ3) is 2.82. The van der Waals surface area contributed by atoms with Crippen LogP contribution in [0.3, 0.4) is 0 Å². The van der Waals surface area contributed by atoms with Gasteiger partial charge in [0.25, 0.3) is 0 Å². The Hall–Kier alpha value is -2.60. The topological polar surface area (TPSA) is 57.3 Å². The van der Waals surface area contributed by atoms with Gasteiger partial charge in [-0.15, -0.1) is 0 Å². The van der Waals surface area contributed by atoms with E-state index >= 15 is 0 Å². The first-order chi connectivity index (χ1) is 12.3. The number of nitrogens with one attached hydrogen (secondary N) is 1. The second kappa shape index (κ2) is 6.04. The number of hydrogen-bond donors (Lipinski definition) is 1. The van der Waals surface area contributed by atoms with Gasteiger partial charge in [0.15, 0.2) is 0 Å². The lowest BCUT2D eigenvalue weighted by molar-refractivity contribution is 0.249. The minimum Gasteiger partial charge on any atom is -0.493 e. The van der Waals surface area contributed by atoms with Gasteiger partial charge in [-0.1, -0.05) is 12.1 Å². The Kier molecular flexibility index (Phi) is 3.56. The highest BCUT2D eigenvalue weighted by atomic mass is 16.5. The molecule has 1 saturated heterocycles. The summed E-state index contributed by atoms with van der Waals surface area (Å²) in [5.74, 6) is 2.12. The number of rotatable bonds is 3. The zero-order valence-electron chi connectivity index (χ0n) is 14.1. The van der Waals surface area contributed by atoms with Crippen molar-refractivity contribution < 1.29 is 4.74 Å². The summed E-state index contributed by atoms with van der Waals surface area (Å²) in [6, 6.07) is 8.79. The van der Waals surface area contributed by atoms with Crippen molar-refractivity contribution >= 4 is 16.7 Å². The highest BCUT2D eigenvalue weighted by Gasteiger charge is 2.19. The van der Waals surface area contributed by atoms with Crippen LogP contribution in [0, 0.1) is 0 Å². The van der Waals surface area contributed by atoms with Crippen molar-refractivity contribution in [2.75, 3.05) is 37.7 Å². The molecule has 0 spiro atoms. The Morgan fingerprint density at radius 3 is 2.92 bits per heavy atom. The number of aromatic amines is 1. The van der Waals surface area contributed by atoms with Crippen LogP contribution in [0.5, 0.6) is 5.75 Å². The van der Waals surface area contributed by atoms with Gasteiger partial charge in [-0.2, -0.15) is 5.10 Å². The fourth-order valence-electron chi connectivity index (χ4n) is 3.71. The van der Waals surface area contributed by atoms with E-state index in [0.29, 0.717) is 0 Å². The summed E-state index contributed by atoms with van der Waals surface area (Å²) >= 11 is 0. The van der Waals surface area contributed by atoms with Gasteiger partial charge in [0.05, 0.1) is 24.5 Å². The number of pyridine rings is 1. The number of nitrogens with zero attached hydrogens (tertiary/aromatic N) is 4. The lowest BCUT2D eigenvalue weighted by atomic mass is 10.1. The molecule has 6 heteroatoms. The predicted octanol–water partition coefficient (Wildman–Crippen LogP) is 2.21. The van der Waals surface area contributed by atoms with Crippen molar-refractivity contribution in [3.63, 3.8) is 0 Å². The highest BCUT2D eigenvalue weighted by Crippen LogP contribution is 2.27. The van der Waals surface area contributed by atoms with Gasteiger partial charge >= 0.3 is 0 Å². The summed E-state index contributed by atoms with van der Waals surface area (Å²) in [6.45, 7) is 5.89. The van der Waals surface area contributed by atoms with E-state index in [1.54, 1.807) is 0 Å². The van der Waals surface area contributed by atoms with Crippen molar-refractivity contribution in [3.05, 3.63) is 47.8 Å². The molecule has 128 valence electrons. The number of anilines is 1. The third-order valence-corrected chi connectivity index (χ3v) is 5.17. The maximum absolute atomic E-state index is 5.69. The second-order valence-electron chi connectivity index (χ2n) is 6.80. The lowest BCUT2D eigenvalue weighted by Gasteiger charge is -2.35.